The summed E-state index contributed by atoms with van der Waals surface area (Å²) in [5.41, 5.74) is 3.96. The van der Waals surface area contributed by atoms with Crippen LogP contribution in [-0.4, -0.2) is 0 Å². The van der Waals surface area contributed by atoms with Crippen molar-refractivity contribution in [3.05, 3.63) is 53.8 Å². The minimum Gasteiger partial charge on any atom is -0.379 e. The molecule has 0 spiro atoms. The summed E-state index contributed by atoms with van der Waals surface area (Å²) in [6.45, 7) is 0.708. The van der Waals surface area contributed by atoms with Crippen LogP contribution in [-0.2, 0) is 6.54 Å². The summed E-state index contributed by atoms with van der Waals surface area (Å²) in [7, 11) is 0. The van der Waals surface area contributed by atoms with E-state index in [9.17, 15) is 4.39 Å². The maximum Gasteiger partial charge on any atom is 0.125 e. The topological polar surface area (TPSA) is 24.1 Å². The molecule has 2 aromatic carbocycles. The van der Waals surface area contributed by atoms with Gasteiger partial charge in [0.05, 0.1) is 11.4 Å². The van der Waals surface area contributed by atoms with Gasteiger partial charge in [-0.1, -0.05) is 18.2 Å². The number of benzene rings is 2. The Kier molecular flexibility index (Phi) is 2.03. The van der Waals surface area contributed by atoms with Crippen LogP contribution in [0.1, 0.15) is 5.56 Å². The van der Waals surface area contributed by atoms with Gasteiger partial charge in [-0.05, 0) is 29.8 Å². The molecule has 0 aliphatic carbocycles. The van der Waals surface area contributed by atoms with Gasteiger partial charge in [0.15, 0.2) is 0 Å². The van der Waals surface area contributed by atoms with E-state index in [0.29, 0.717) is 6.54 Å². The number of hydrogen-bond acceptors (Lipinski definition) is 2. The van der Waals surface area contributed by atoms with Crippen molar-refractivity contribution in [2.75, 3.05) is 10.6 Å². The summed E-state index contributed by atoms with van der Waals surface area (Å²) >= 11 is 0. The first-order valence-electron chi connectivity index (χ1n) is 5.21. The fourth-order valence-corrected chi connectivity index (χ4v) is 1.90. The van der Waals surface area contributed by atoms with Crippen molar-refractivity contribution >= 4 is 17.1 Å². The smallest absolute Gasteiger partial charge is 0.125 e. The van der Waals surface area contributed by atoms with Crippen LogP contribution in [0.4, 0.5) is 21.5 Å². The third-order valence-electron chi connectivity index (χ3n) is 2.74. The van der Waals surface area contributed by atoms with Crippen LogP contribution in [0, 0.1) is 5.82 Å². The molecule has 3 rings (SSSR count). The van der Waals surface area contributed by atoms with Gasteiger partial charge in [0.1, 0.15) is 5.82 Å². The predicted octanol–water partition coefficient (Wildman–Crippen LogP) is 3.49. The van der Waals surface area contributed by atoms with Crippen LogP contribution in [0.5, 0.6) is 0 Å². The fraction of sp³-hybridized carbons (Fsp3) is 0.0769. The zero-order chi connectivity index (χ0) is 11.0. The molecule has 0 saturated heterocycles. The SMILES string of the molecule is Fc1ccc2c(c1)NCc1ccccc1N2. The fourth-order valence-electron chi connectivity index (χ4n) is 1.90. The molecular formula is C13H11FN2. The molecule has 0 unspecified atom stereocenters. The van der Waals surface area contributed by atoms with Gasteiger partial charge in [0.25, 0.3) is 0 Å². The number of hydrogen-bond donors (Lipinski definition) is 2. The highest BCUT2D eigenvalue weighted by Crippen LogP contribution is 2.31. The quantitative estimate of drug-likeness (QED) is 0.701. The molecule has 80 valence electrons. The lowest BCUT2D eigenvalue weighted by molar-refractivity contribution is 0.628. The van der Waals surface area contributed by atoms with Crippen molar-refractivity contribution in [2.24, 2.45) is 0 Å². The molecule has 2 aromatic rings. The number of para-hydroxylation sites is 1. The zero-order valence-corrected chi connectivity index (χ0v) is 8.63. The third-order valence-corrected chi connectivity index (χ3v) is 2.74. The summed E-state index contributed by atoms with van der Waals surface area (Å²) in [4.78, 5) is 0. The minimum absolute atomic E-state index is 0.223. The van der Waals surface area contributed by atoms with Crippen LogP contribution in [0.3, 0.4) is 0 Å². The average Bonchev–Trinajstić information content (AvgIpc) is 2.48. The van der Waals surface area contributed by atoms with Gasteiger partial charge in [0, 0.05) is 12.2 Å². The first kappa shape index (κ1) is 9.21. The van der Waals surface area contributed by atoms with E-state index in [2.05, 4.69) is 16.7 Å². The number of halogens is 1. The Balaban J connectivity index is 2.08. The molecule has 0 amide bonds. The lowest BCUT2D eigenvalue weighted by atomic mass is 10.2. The maximum atomic E-state index is 13.1. The first-order chi connectivity index (χ1) is 7.83. The largest absolute Gasteiger partial charge is 0.379 e. The molecule has 0 fully saturated rings. The first-order valence-corrected chi connectivity index (χ1v) is 5.21. The Morgan fingerprint density at radius 3 is 2.75 bits per heavy atom. The van der Waals surface area contributed by atoms with Crippen LogP contribution in [0.25, 0.3) is 0 Å². The van der Waals surface area contributed by atoms with E-state index in [1.54, 1.807) is 6.07 Å². The Morgan fingerprint density at radius 2 is 1.81 bits per heavy atom. The molecular weight excluding hydrogens is 203 g/mol. The molecule has 2 N–H and O–H groups in total. The van der Waals surface area contributed by atoms with Gasteiger partial charge in [-0.15, -0.1) is 0 Å². The highest BCUT2D eigenvalue weighted by Gasteiger charge is 2.11. The molecule has 1 aliphatic heterocycles. The lowest BCUT2D eigenvalue weighted by Gasteiger charge is -2.08. The normalized spacial score (nSPS) is 12.8. The van der Waals surface area contributed by atoms with E-state index < -0.39 is 0 Å². The number of fused-ring (bicyclic) bond motifs is 2. The van der Waals surface area contributed by atoms with Crippen molar-refractivity contribution in [3.63, 3.8) is 0 Å². The van der Waals surface area contributed by atoms with E-state index in [-0.39, 0.29) is 5.82 Å². The van der Waals surface area contributed by atoms with E-state index in [1.807, 2.05) is 18.2 Å². The molecule has 16 heavy (non-hydrogen) atoms. The highest BCUT2D eigenvalue weighted by molar-refractivity contribution is 5.77. The second kappa shape index (κ2) is 3.52. The van der Waals surface area contributed by atoms with E-state index in [4.69, 9.17) is 0 Å². The number of anilines is 3. The van der Waals surface area contributed by atoms with Crippen molar-refractivity contribution in [1.29, 1.82) is 0 Å². The van der Waals surface area contributed by atoms with Crippen LogP contribution in [0.2, 0.25) is 0 Å². The number of nitrogens with one attached hydrogen (secondary N) is 2. The van der Waals surface area contributed by atoms with Gasteiger partial charge >= 0.3 is 0 Å². The van der Waals surface area contributed by atoms with Crippen molar-refractivity contribution in [3.8, 4) is 0 Å². The average molecular weight is 214 g/mol. The van der Waals surface area contributed by atoms with Gasteiger partial charge in [-0.2, -0.15) is 0 Å². The van der Waals surface area contributed by atoms with E-state index >= 15 is 0 Å². The number of rotatable bonds is 0. The van der Waals surface area contributed by atoms with E-state index in [1.165, 1.54) is 17.7 Å². The molecule has 0 aromatic heterocycles. The summed E-state index contributed by atoms with van der Waals surface area (Å²) < 4.78 is 13.1. The molecule has 3 heteroatoms. The summed E-state index contributed by atoms with van der Waals surface area (Å²) in [6.07, 6.45) is 0. The molecule has 2 nitrogen and oxygen atoms in total. The zero-order valence-electron chi connectivity index (χ0n) is 8.63. The van der Waals surface area contributed by atoms with Crippen molar-refractivity contribution < 1.29 is 4.39 Å². The van der Waals surface area contributed by atoms with Crippen LogP contribution < -0.4 is 10.6 Å². The summed E-state index contributed by atoms with van der Waals surface area (Å²) in [6, 6.07) is 12.8. The molecule has 0 saturated carbocycles. The van der Waals surface area contributed by atoms with Gasteiger partial charge in [0.2, 0.25) is 0 Å². The Morgan fingerprint density at radius 1 is 0.938 bits per heavy atom. The van der Waals surface area contributed by atoms with Gasteiger partial charge in [-0.25, -0.2) is 4.39 Å². The Hall–Kier alpha value is -2.03. The lowest BCUT2D eigenvalue weighted by Crippen LogP contribution is -1.97. The van der Waals surface area contributed by atoms with Crippen LogP contribution in [0.15, 0.2) is 42.5 Å². The summed E-state index contributed by atoms with van der Waals surface area (Å²) in [5, 5.41) is 6.52. The molecule has 0 bridgehead atoms. The Labute approximate surface area is 93.1 Å². The molecule has 0 atom stereocenters. The maximum absolute atomic E-state index is 13.1. The van der Waals surface area contributed by atoms with Gasteiger partial charge in [-0.3, -0.25) is 0 Å². The van der Waals surface area contributed by atoms with Gasteiger partial charge < -0.3 is 10.6 Å². The molecule has 1 aliphatic rings. The molecule has 1 heterocycles. The highest BCUT2D eigenvalue weighted by atomic mass is 19.1. The monoisotopic (exact) mass is 214 g/mol. The van der Waals surface area contributed by atoms with Crippen molar-refractivity contribution in [1.82, 2.24) is 0 Å². The van der Waals surface area contributed by atoms with E-state index in [0.717, 1.165) is 17.1 Å². The predicted molar refractivity (Wildman–Crippen MR) is 63.5 cm³/mol. The van der Waals surface area contributed by atoms with Crippen molar-refractivity contribution in [2.45, 2.75) is 6.54 Å². The third kappa shape index (κ3) is 1.50. The Bertz CT molecular complexity index is 537. The van der Waals surface area contributed by atoms with Crippen LogP contribution >= 0.6 is 0 Å². The summed E-state index contributed by atoms with van der Waals surface area (Å²) in [5.74, 6) is -0.223. The molecule has 0 radical (unpaired) electrons. The second-order valence-electron chi connectivity index (χ2n) is 3.83. The standard InChI is InChI=1S/C13H11FN2/c14-10-5-6-12-13(7-10)15-8-9-3-1-2-4-11(9)16-12/h1-7,15-16H,8H2. The second-order valence-corrected chi connectivity index (χ2v) is 3.83. The minimum atomic E-state index is -0.223.